The Morgan fingerprint density at radius 1 is 1.11 bits per heavy atom. The van der Waals surface area contributed by atoms with Crippen LogP contribution in [0.1, 0.15) is 47.3 Å². The molecule has 1 aliphatic rings. The molecule has 0 bridgehead atoms. The van der Waals surface area contributed by atoms with Gasteiger partial charge >= 0.3 is 0 Å². The van der Waals surface area contributed by atoms with Crippen molar-refractivity contribution in [1.82, 2.24) is 18.3 Å². The fourth-order valence-electron chi connectivity index (χ4n) is 3.85. The van der Waals surface area contributed by atoms with E-state index in [4.69, 9.17) is 4.74 Å². The fraction of sp³-hybridized carbons (Fsp3) is 0.385. The highest BCUT2D eigenvalue weighted by Crippen LogP contribution is 2.27. The van der Waals surface area contributed by atoms with E-state index in [0.29, 0.717) is 66.9 Å². The number of morpholine rings is 1. The summed E-state index contributed by atoms with van der Waals surface area (Å²) in [6.45, 7) is 10.9. The summed E-state index contributed by atoms with van der Waals surface area (Å²) in [5.74, 6) is -1.16. The largest absolute Gasteiger partial charge is 0.378 e. The number of aromatic nitrogens is 3. The highest BCUT2D eigenvalue weighted by Gasteiger charge is 2.20. The van der Waals surface area contributed by atoms with E-state index in [1.54, 1.807) is 18.2 Å². The van der Waals surface area contributed by atoms with E-state index < -0.39 is 11.7 Å². The summed E-state index contributed by atoms with van der Waals surface area (Å²) in [5, 5.41) is 10.2. The van der Waals surface area contributed by atoms with Crippen LogP contribution in [0.3, 0.4) is 0 Å². The zero-order valence-electron chi connectivity index (χ0n) is 21.3. The monoisotopic (exact) mass is 620 g/mol. The van der Waals surface area contributed by atoms with E-state index >= 15 is 0 Å². The number of nitrogens with one attached hydrogen (secondary N) is 2. The Bertz CT molecular complexity index is 1310. The predicted octanol–water partition coefficient (Wildman–Crippen LogP) is 4.46. The van der Waals surface area contributed by atoms with E-state index in [1.165, 1.54) is 21.2 Å². The minimum atomic E-state index is -0.485. The average molecular weight is 620 g/mol. The van der Waals surface area contributed by atoms with Crippen LogP contribution >= 0.6 is 22.9 Å². The van der Waals surface area contributed by atoms with Gasteiger partial charge in [-0.3, -0.25) is 14.6 Å². The third-order valence-corrected chi connectivity index (χ3v) is 6.56. The first kappa shape index (κ1) is 27.0. The molecule has 196 valence electrons. The lowest BCUT2D eigenvalue weighted by Crippen LogP contribution is -2.36. The number of anilines is 2. The summed E-state index contributed by atoms with van der Waals surface area (Å²) in [6.07, 6.45) is 1.54. The zero-order chi connectivity index (χ0) is 26.7. The molecule has 37 heavy (non-hydrogen) atoms. The third kappa shape index (κ3) is 6.83. The molecular formula is C26H30FIN6O3. The van der Waals surface area contributed by atoms with Gasteiger partial charge in [0.05, 0.1) is 53.7 Å². The van der Waals surface area contributed by atoms with Crippen LogP contribution in [0.4, 0.5) is 15.8 Å². The second kappa shape index (κ2) is 11.1. The molecule has 0 aliphatic carbocycles. The van der Waals surface area contributed by atoms with Gasteiger partial charge in [-0.1, -0.05) is 20.8 Å². The number of nitrogens with zero attached hydrogens (tertiary/aromatic N) is 4. The minimum Gasteiger partial charge on any atom is -0.378 e. The Labute approximate surface area is 229 Å². The van der Waals surface area contributed by atoms with Crippen molar-refractivity contribution in [2.24, 2.45) is 5.41 Å². The molecule has 2 aromatic heterocycles. The lowest BCUT2D eigenvalue weighted by Gasteiger charge is -2.29. The molecule has 4 rings (SSSR count). The molecule has 11 heteroatoms. The van der Waals surface area contributed by atoms with Gasteiger partial charge in [-0.25, -0.2) is 4.39 Å². The highest BCUT2D eigenvalue weighted by molar-refractivity contribution is 14.1. The van der Waals surface area contributed by atoms with Crippen molar-refractivity contribution < 1.29 is 18.7 Å². The van der Waals surface area contributed by atoms with Crippen molar-refractivity contribution in [1.29, 1.82) is 0 Å². The van der Waals surface area contributed by atoms with Crippen LogP contribution in [0.25, 0.3) is 11.3 Å². The van der Waals surface area contributed by atoms with Crippen molar-refractivity contribution in [3.63, 3.8) is 0 Å². The maximum atomic E-state index is 14.4. The quantitative estimate of drug-likeness (QED) is 0.395. The number of amides is 2. The minimum absolute atomic E-state index is 0.0493. The molecule has 9 nitrogen and oxygen atoms in total. The average Bonchev–Trinajstić information content (AvgIpc) is 3.24. The van der Waals surface area contributed by atoms with Crippen LogP contribution in [0.2, 0.25) is 0 Å². The van der Waals surface area contributed by atoms with Gasteiger partial charge in [0, 0.05) is 42.1 Å². The van der Waals surface area contributed by atoms with Gasteiger partial charge in [-0.2, -0.15) is 7.99 Å². The molecule has 0 spiro atoms. The predicted molar refractivity (Wildman–Crippen MR) is 149 cm³/mol. The molecule has 0 atom stereocenters. The zero-order valence-corrected chi connectivity index (χ0v) is 23.4. The van der Waals surface area contributed by atoms with E-state index in [1.807, 2.05) is 55.5 Å². The fourth-order valence-corrected chi connectivity index (χ4v) is 4.44. The molecule has 2 amide bonds. The van der Waals surface area contributed by atoms with E-state index in [9.17, 15) is 14.0 Å². The van der Waals surface area contributed by atoms with E-state index in [-0.39, 0.29) is 16.9 Å². The smallest absolute Gasteiger partial charge is 0.270 e. The molecular weight excluding hydrogens is 590 g/mol. The van der Waals surface area contributed by atoms with Crippen LogP contribution in [0, 0.1) is 18.2 Å². The first-order valence-corrected chi connectivity index (χ1v) is 12.9. The maximum Gasteiger partial charge on any atom is 0.270 e. The number of carbonyl (C=O) groups is 2. The topological polar surface area (TPSA) is 101 Å². The van der Waals surface area contributed by atoms with Gasteiger partial charge in [0.25, 0.3) is 11.8 Å². The second-order valence-electron chi connectivity index (χ2n) is 10.1. The summed E-state index contributed by atoms with van der Waals surface area (Å²) in [6, 6.07) is 7.75. The Morgan fingerprint density at radius 2 is 1.84 bits per heavy atom. The van der Waals surface area contributed by atoms with E-state index in [0.717, 1.165) is 0 Å². The highest BCUT2D eigenvalue weighted by atomic mass is 127. The first-order chi connectivity index (χ1) is 17.5. The molecule has 1 fully saturated rings. The molecule has 1 saturated heterocycles. The van der Waals surface area contributed by atoms with Gasteiger partial charge in [-0.05, 0) is 42.7 Å². The Hall–Kier alpha value is -3.06. The van der Waals surface area contributed by atoms with Gasteiger partial charge < -0.3 is 20.3 Å². The molecule has 3 heterocycles. The van der Waals surface area contributed by atoms with Crippen LogP contribution in [0.5, 0.6) is 0 Å². The number of carbonyl (C=O) groups excluding carboxylic acids is 2. The van der Waals surface area contributed by atoms with Crippen molar-refractivity contribution >= 4 is 46.1 Å². The SMILES string of the molecule is Cc1ncc(NC(=O)c2cc(F)cc(N3CCOCC3)c2)cc1-c1cc(C(=O)NCC(C)(C)C)n(I)n1. The van der Waals surface area contributed by atoms with Gasteiger partial charge in [0.1, 0.15) is 11.5 Å². The molecule has 0 saturated carbocycles. The number of ether oxygens (including phenoxy) is 1. The standard InChI is InChI=1S/C26H30FIN6O3/c1-16-21(22-13-23(34(28)32-22)25(36)30-15-26(2,3)4)12-19(14-29-16)31-24(35)17-9-18(27)11-20(10-17)33-5-7-37-8-6-33/h9-14H,5-8,15H2,1-4H3,(H,30,36)(H,31,35). The molecule has 3 aromatic rings. The van der Waals surface area contributed by atoms with Gasteiger partial charge in [-0.15, -0.1) is 0 Å². The number of benzene rings is 1. The Kier molecular flexibility index (Phi) is 8.12. The first-order valence-electron chi connectivity index (χ1n) is 12.0. The molecule has 0 radical (unpaired) electrons. The Balaban J connectivity index is 1.54. The lowest BCUT2D eigenvalue weighted by molar-refractivity contribution is 0.0933. The number of rotatable bonds is 6. The van der Waals surface area contributed by atoms with E-state index in [2.05, 4.69) is 20.7 Å². The van der Waals surface area contributed by atoms with Crippen LogP contribution < -0.4 is 15.5 Å². The van der Waals surface area contributed by atoms with Crippen molar-refractivity contribution in [3.8, 4) is 11.3 Å². The maximum absolute atomic E-state index is 14.4. The van der Waals surface area contributed by atoms with Crippen molar-refractivity contribution in [3.05, 3.63) is 59.3 Å². The second-order valence-corrected chi connectivity index (χ2v) is 11.0. The summed E-state index contributed by atoms with van der Waals surface area (Å²) >= 11 is 1.96. The molecule has 2 N–H and O–H groups in total. The summed E-state index contributed by atoms with van der Waals surface area (Å²) < 4.78 is 21.2. The number of hydrogen-bond acceptors (Lipinski definition) is 6. The van der Waals surface area contributed by atoms with Crippen molar-refractivity contribution in [2.75, 3.05) is 43.1 Å². The van der Waals surface area contributed by atoms with Crippen LogP contribution in [-0.2, 0) is 4.74 Å². The lowest BCUT2D eigenvalue weighted by atomic mass is 9.97. The van der Waals surface area contributed by atoms with Crippen LogP contribution in [-0.4, -0.2) is 57.6 Å². The third-order valence-electron chi connectivity index (χ3n) is 5.82. The summed E-state index contributed by atoms with van der Waals surface area (Å²) in [4.78, 5) is 32.1. The molecule has 0 unspecified atom stereocenters. The molecule has 1 aromatic carbocycles. The number of hydrogen-bond donors (Lipinski definition) is 2. The van der Waals surface area contributed by atoms with Crippen molar-refractivity contribution in [2.45, 2.75) is 27.7 Å². The summed E-state index contributed by atoms with van der Waals surface area (Å²) in [7, 11) is 0. The Morgan fingerprint density at radius 3 is 2.54 bits per heavy atom. The number of pyridine rings is 1. The summed E-state index contributed by atoms with van der Waals surface area (Å²) in [5.41, 5.74) is 3.55. The normalized spacial score (nSPS) is 13.9. The van der Waals surface area contributed by atoms with Crippen LogP contribution in [0.15, 0.2) is 36.5 Å². The van der Waals surface area contributed by atoms with Gasteiger partial charge in [0.15, 0.2) is 0 Å². The molecule has 1 aliphatic heterocycles. The number of halogens is 2. The number of aryl methyl sites for hydroxylation is 1. The van der Waals surface area contributed by atoms with Gasteiger partial charge in [0.2, 0.25) is 0 Å².